The Kier molecular flexibility index (Phi) is 13.0. The fourth-order valence-corrected chi connectivity index (χ4v) is 6.86. The number of carboxylic acid groups (broad SMARTS) is 1. The molecule has 13 heteroatoms. The number of rotatable bonds is 20. The van der Waals surface area contributed by atoms with Gasteiger partial charge < -0.3 is 38.8 Å². The van der Waals surface area contributed by atoms with Gasteiger partial charge in [-0.25, -0.2) is 0 Å². The molecule has 0 aliphatic carbocycles. The second-order valence-corrected chi connectivity index (χ2v) is 14.1. The molecule has 0 atom stereocenters. The van der Waals surface area contributed by atoms with E-state index in [0.29, 0.717) is 72.0 Å². The quantitative estimate of drug-likeness (QED) is 0.0759. The van der Waals surface area contributed by atoms with Crippen LogP contribution in [0.4, 0.5) is 0 Å². The van der Waals surface area contributed by atoms with Crippen LogP contribution in [-0.4, -0.2) is 92.6 Å². The predicted molar refractivity (Wildman–Crippen MR) is 187 cm³/mol. The molecule has 4 rings (SSSR count). The second-order valence-electron chi connectivity index (χ2n) is 12.0. The van der Waals surface area contributed by atoms with Gasteiger partial charge in [-0.2, -0.15) is 0 Å². The third kappa shape index (κ3) is 10.3. The van der Waals surface area contributed by atoms with E-state index in [2.05, 4.69) is 0 Å². The lowest BCUT2D eigenvalue weighted by atomic mass is 10.1. The van der Waals surface area contributed by atoms with Crippen molar-refractivity contribution < 1.29 is 48.3 Å². The monoisotopic (exact) mass is 701 g/mol. The van der Waals surface area contributed by atoms with Crippen molar-refractivity contribution in [2.45, 2.75) is 51.6 Å². The molecule has 0 saturated carbocycles. The fourth-order valence-electron chi connectivity index (χ4n) is 4.75. The number of nitrogens with zero attached hydrogens (tertiary/aromatic N) is 1. The van der Waals surface area contributed by atoms with Crippen LogP contribution >= 0.6 is 22.7 Å². The number of ketones is 1. The third-order valence-electron chi connectivity index (χ3n) is 7.40. The van der Waals surface area contributed by atoms with Crippen LogP contribution in [0.5, 0.6) is 23.0 Å². The number of hydrogen-bond donors (Lipinski definition) is 2. The maximum atomic E-state index is 13.0. The largest absolute Gasteiger partial charge is 0.493 e. The van der Waals surface area contributed by atoms with Crippen LogP contribution in [0.15, 0.2) is 36.4 Å². The SMILES string of the molecule is COCCCN(C)C(=O)c1cc2cc(OCCCOc3cc4cc(C(=O)CCC(=O)O)sc4cc3OCCC(C)(C)O)c(OC)cc2s1. The number of carboxylic acids is 1. The molecule has 0 spiro atoms. The molecule has 1 amide bonds. The van der Waals surface area contributed by atoms with Crippen molar-refractivity contribution >= 4 is 60.5 Å². The van der Waals surface area contributed by atoms with Gasteiger partial charge in [0.1, 0.15) is 0 Å². The summed E-state index contributed by atoms with van der Waals surface area (Å²) in [7, 11) is 5.00. The average molecular weight is 702 g/mol. The lowest BCUT2D eigenvalue weighted by Gasteiger charge is -2.18. The smallest absolute Gasteiger partial charge is 0.303 e. The maximum absolute atomic E-state index is 13.0. The van der Waals surface area contributed by atoms with Crippen molar-refractivity contribution in [2.24, 2.45) is 0 Å². The second kappa shape index (κ2) is 17.0. The summed E-state index contributed by atoms with van der Waals surface area (Å²) in [5, 5.41) is 20.8. The highest BCUT2D eigenvalue weighted by Crippen LogP contribution is 2.39. The van der Waals surface area contributed by atoms with Gasteiger partial charge in [-0.15, -0.1) is 22.7 Å². The van der Waals surface area contributed by atoms with Crippen LogP contribution < -0.4 is 18.9 Å². The van der Waals surface area contributed by atoms with E-state index >= 15 is 0 Å². The van der Waals surface area contributed by atoms with Crippen LogP contribution in [0.1, 0.15) is 65.3 Å². The molecule has 0 bridgehead atoms. The van der Waals surface area contributed by atoms with Gasteiger partial charge >= 0.3 is 5.97 Å². The normalized spacial score (nSPS) is 11.5. The van der Waals surface area contributed by atoms with Crippen molar-refractivity contribution in [1.29, 1.82) is 0 Å². The van der Waals surface area contributed by atoms with Crippen molar-refractivity contribution in [1.82, 2.24) is 4.90 Å². The van der Waals surface area contributed by atoms with Gasteiger partial charge in [-0.3, -0.25) is 14.4 Å². The number of ether oxygens (including phenoxy) is 5. The Bertz CT molecular complexity index is 1720. The first-order valence-corrected chi connectivity index (χ1v) is 17.3. The predicted octanol–water partition coefficient (Wildman–Crippen LogP) is 6.67. The minimum Gasteiger partial charge on any atom is -0.493 e. The van der Waals surface area contributed by atoms with Crippen molar-refractivity contribution in [2.75, 3.05) is 54.2 Å². The van der Waals surface area contributed by atoms with Crippen molar-refractivity contribution in [3.05, 3.63) is 46.2 Å². The van der Waals surface area contributed by atoms with Gasteiger partial charge in [0.15, 0.2) is 28.8 Å². The lowest BCUT2D eigenvalue weighted by Crippen LogP contribution is -2.27. The molecule has 0 aliphatic heterocycles. The summed E-state index contributed by atoms with van der Waals surface area (Å²) >= 11 is 2.69. The maximum Gasteiger partial charge on any atom is 0.303 e. The van der Waals surface area contributed by atoms with E-state index in [1.807, 2.05) is 30.3 Å². The molecule has 0 unspecified atom stereocenters. The van der Waals surface area contributed by atoms with Gasteiger partial charge in [0.25, 0.3) is 5.91 Å². The van der Waals surface area contributed by atoms with Crippen LogP contribution in [-0.2, 0) is 9.53 Å². The first-order valence-electron chi connectivity index (χ1n) is 15.7. The van der Waals surface area contributed by atoms with Crippen molar-refractivity contribution in [3.8, 4) is 23.0 Å². The summed E-state index contributed by atoms with van der Waals surface area (Å²) < 4.78 is 30.6. The van der Waals surface area contributed by atoms with Gasteiger partial charge in [0.2, 0.25) is 0 Å². The van der Waals surface area contributed by atoms with E-state index in [0.717, 1.165) is 26.6 Å². The molecule has 48 heavy (non-hydrogen) atoms. The van der Waals surface area contributed by atoms with Gasteiger partial charge in [0.05, 0.1) is 48.7 Å². The molecule has 0 saturated heterocycles. The fraction of sp³-hybridized carbons (Fsp3) is 0.457. The van der Waals surface area contributed by atoms with E-state index in [4.69, 9.17) is 28.8 Å². The number of aliphatic carboxylic acids is 1. The Morgan fingerprint density at radius 1 is 0.750 bits per heavy atom. The minimum atomic E-state index is -1.02. The Morgan fingerprint density at radius 2 is 1.31 bits per heavy atom. The number of carbonyl (C=O) groups excluding carboxylic acids is 2. The zero-order valence-corrected chi connectivity index (χ0v) is 29.6. The highest BCUT2D eigenvalue weighted by molar-refractivity contribution is 7.21. The molecule has 11 nitrogen and oxygen atoms in total. The summed E-state index contributed by atoms with van der Waals surface area (Å²) in [6.07, 6.45) is 1.39. The highest BCUT2D eigenvalue weighted by Gasteiger charge is 2.19. The Morgan fingerprint density at radius 3 is 1.92 bits per heavy atom. The molecule has 2 N–H and O–H groups in total. The Balaban J connectivity index is 1.41. The summed E-state index contributed by atoms with van der Waals surface area (Å²) in [6.45, 7) is 5.50. The molecule has 2 aromatic carbocycles. The van der Waals surface area contributed by atoms with Gasteiger partial charge in [-0.1, -0.05) is 0 Å². The summed E-state index contributed by atoms with van der Waals surface area (Å²) in [5.41, 5.74) is -0.903. The summed E-state index contributed by atoms with van der Waals surface area (Å²) in [5.74, 6) is 0.807. The van der Waals surface area contributed by atoms with Crippen LogP contribution in [0.25, 0.3) is 20.2 Å². The van der Waals surface area contributed by atoms with Gasteiger partial charge in [0, 0.05) is 68.1 Å². The van der Waals surface area contributed by atoms with Crippen molar-refractivity contribution in [3.63, 3.8) is 0 Å². The zero-order valence-electron chi connectivity index (χ0n) is 28.0. The van der Waals surface area contributed by atoms with Crippen LogP contribution in [0, 0.1) is 0 Å². The van der Waals surface area contributed by atoms with Crippen LogP contribution in [0.3, 0.4) is 0 Å². The molecule has 2 aromatic heterocycles. The number of aliphatic hydroxyl groups is 1. The van der Waals surface area contributed by atoms with E-state index in [1.165, 1.54) is 22.7 Å². The number of fused-ring (bicyclic) bond motifs is 2. The minimum absolute atomic E-state index is 0.0454. The number of hydrogen-bond acceptors (Lipinski definition) is 11. The van der Waals surface area contributed by atoms with Crippen LogP contribution in [0.2, 0.25) is 0 Å². The topological polar surface area (TPSA) is 141 Å². The van der Waals surface area contributed by atoms with E-state index in [-0.39, 0.29) is 31.1 Å². The number of carbonyl (C=O) groups is 3. The first kappa shape index (κ1) is 36.9. The van der Waals surface area contributed by atoms with Gasteiger partial charge in [-0.05, 0) is 55.3 Å². The Labute approximate surface area is 287 Å². The molecule has 4 aromatic rings. The molecule has 260 valence electrons. The standard InChI is InChI=1S/C35H43NO10S2/c1-35(2,41)10-15-46-28-21-30-22(18-31(47-30)24(37)8-9-33(38)39)17-27(28)45-14-7-13-44-26-16-23-19-32(48-29(23)20-25(26)43-5)34(40)36(3)11-6-12-42-4/h16-21,41H,6-15H2,1-5H3,(H,38,39). The third-order valence-corrected chi connectivity index (χ3v) is 9.63. The number of methoxy groups -OCH3 is 2. The van der Waals surface area contributed by atoms with E-state index in [9.17, 15) is 19.5 Å². The molecule has 2 heterocycles. The zero-order chi connectivity index (χ0) is 34.8. The summed E-state index contributed by atoms with van der Waals surface area (Å²) in [6, 6.07) is 11.0. The number of thiophene rings is 2. The number of Topliss-reactive ketones (excluding diaryl/α,β-unsaturated/α-hetero) is 1. The number of benzene rings is 2. The lowest BCUT2D eigenvalue weighted by molar-refractivity contribution is -0.136. The van der Waals surface area contributed by atoms with E-state index in [1.54, 1.807) is 46.1 Å². The average Bonchev–Trinajstić information content (AvgIpc) is 3.65. The Hall–Kier alpha value is -3.91. The first-order chi connectivity index (χ1) is 22.9. The molecular formula is C35H43NO10S2. The molecule has 0 radical (unpaired) electrons. The van der Waals surface area contributed by atoms with E-state index < -0.39 is 11.6 Å². The molecule has 0 fully saturated rings. The number of amides is 1. The summed E-state index contributed by atoms with van der Waals surface area (Å²) in [4.78, 5) is 39.2. The molecular weight excluding hydrogens is 659 g/mol. The highest BCUT2D eigenvalue weighted by atomic mass is 32.1. The molecule has 0 aliphatic rings.